The maximum atomic E-state index is 11.2. The van der Waals surface area contributed by atoms with Crippen LogP contribution in [0.2, 0.25) is 0 Å². The molecule has 0 radical (unpaired) electrons. The normalized spacial score (nSPS) is 12.2. The third kappa shape index (κ3) is 4.58. The lowest BCUT2D eigenvalue weighted by molar-refractivity contribution is -0.143. The van der Waals surface area contributed by atoms with Crippen molar-refractivity contribution in [2.45, 2.75) is 25.0 Å². The molecule has 0 aliphatic heterocycles. The minimum absolute atomic E-state index is 0.0712. The van der Waals surface area contributed by atoms with Crippen molar-refractivity contribution in [2.75, 3.05) is 6.61 Å². The number of carbonyl (C=O) groups is 1. The highest BCUT2D eigenvalue weighted by Gasteiger charge is 2.10. The lowest BCUT2D eigenvalue weighted by Gasteiger charge is -2.10. The molecular formula is C12H15BrO2S. The van der Waals surface area contributed by atoms with Crippen LogP contribution in [0.1, 0.15) is 30.6 Å². The zero-order valence-electron chi connectivity index (χ0n) is 9.15. The molecular weight excluding hydrogens is 288 g/mol. The van der Waals surface area contributed by atoms with E-state index in [2.05, 4.69) is 28.6 Å². The van der Waals surface area contributed by atoms with Gasteiger partial charge in [0.1, 0.15) is 0 Å². The summed E-state index contributed by atoms with van der Waals surface area (Å²) in [4.78, 5) is 11.2. The van der Waals surface area contributed by atoms with Crippen LogP contribution in [0.25, 0.3) is 0 Å². The average molecular weight is 303 g/mol. The van der Waals surface area contributed by atoms with Crippen molar-refractivity contribution in [1.82, 2.24) is 0 Å². The largest absolute Gasteiger partial charge is 0.466 e. The number of rotatable bonds is 5. The highest BCUT2D eigenvalue weighted by atomic mass is 79.9. The summed E-state index contributed by atoms with van der Waals surface area (Å²) in [6.07, 6.45) is 1.10. The van der Waals surface area contributed by atoms with Gasteiger partial charge in [0.05, 0.1) is 6.61 Å². The summed E-state index contributed by atoms with van der Waals surface area (Å²) in [6.45, 7) is 2.25. The second-order valence-corrected chi connectivity index (χ2v) is 4.95. The van der Waals surface area contributed by atoms with E-state index in [4.69, 9.17) is 4.74 Å². The van der Waals surface area contributed by atoms with Crippen LogP contribution in [0, 0.1) is 0 Å². The molecule has 2 nitrogen and oxygen atoms in total. The first kappa shape index (κ1) is 13.6. The topological polar surface area (TPSA) is 26.3 Å². The Morgan fingerprint density at radius 1 is 1.56 bits per heavy atom. The molecule has 0 aromatic heterocycles. The molecule has 0 bridgehead atoms. The Morgan fingerprint density at radius 3 is 2.94 bits per heavy atom. The van der Waals surface area contributed by atoms with E-state index in [1.54, 1.807) is 0 Å². The van der Waals surface area contributed by atoms with Crippen LogP contribution in [0.5, 0.6) is 0 Å². The number of esters is 1. The number of thiol groups is 1. The van der Waals surface area contributed by atoms with Crippen LogP contribution in [0.4, 0.5) is 0 Å². The third-order valence-electron chi connectivity index (χ3n) is 2.16. The van der Waals surface area contributed by atoms with E-state index in [1.165, 1.54) is 0 Å². The molecule has 0 fully saturated rings. The molecule has 0 spiro atoms. The fourth-order valence-corrected chi connectivity index (χ4v) is 2.07. The second-order valence-electron chi connectivity index (χ2n) is 3.41. The predicted octanol–water partition coefficient (Wildman–Crippen LogP) is 3.76. The number of hydrogen-bond donors (Lipinski definition) is 1. The molecule has 1 atom stereocenters. The van der Waals surface area contributed by atoms with Crippen molar-refractivity contribution in [3.63, 3.8) is 0 Å². The van der Waals surface area contributed by atoms with Crippen LogP contribution < -0.4 is 0 Å². The lowest BCUT2D eigenvalue weighted by atomic mass is 10.1. The van der Waals surface area contributed by atoms with Crippen molar-refractivity contribution in [3.8, 4) is 0 Å². The highest BCUT2D eigenvalue weighted by Crippen LogP contribution is 2.27. The van der Waals surface area contributed by atoms with Gasteiger partial charge in [-0.15, -0.1) is 0 Å². The van der Waals surface area contributed by atoms with Crippen molar-refractivity contribution in [1.29, 1.82) is 0 Å². The van der Waals surface area contributed by atoms with E-state index in [0.29, 0.717) is 19.4 Å². The van der Waals surface area contributed by atoms with Gasteiger partial charge in [0.15, 0.2) is 0 Å². The quantitative estimate of drug-likeness (QED) is 0.662. The van der Waals surface area contributed by atoms with Crippen LogP contribution in [-0.2, 0) is 9.53 Å². The molecule has 1 unspecified atom stereocenters. The first-order valence-electron chi connectivity index (χ1n) is 5.22. The van der Waals surface area contributed by atoms with Gasteiger partial charge in [-0.05, 0) is 31.0 Å². The Bertz CT molecular complexity index is 355. The van der Waals surface area contributed by atoms with Crippen molar-refractivity contribution >= 4 is 34.5 Å². The van der Waals surface area contributed by atoms with E-state index in [1.807, 2.05) is 31.2 Å². The molecule has 0 amide bonds. The maximum Gasteiger partial charge on any atom is 0.305 e. The third-order valence-corrected chi connectivity index (χ3v) is 3.21. The fraction of sp³-hybridized carbons (Fsp3) is 0.417. The minimum Gasteiger partial charge on any atom is -0.466 e. The SMILES string of the molecule is CCOC(=O)CCC(S)c1cccc(Br)c1. The van der Waals surface area contributed by atoms with E-state index in [9.17, 15) is 4.79 Å². The zero-order valence-corrected chi connectivity index (χ0v) is 11.6. The van der Waals surface area contributed by atoms with Gasteiger partial charge in [-0.1, -0.05) is 28.1 Å². The van der Waals surface area contributed by atoms with Crippen LogP contribution in [0.15, 0.2) is 28.7 Å². The zero-order chi connectivity index (χ0) is 12.0. The van der Waals surface area contributed by atoms with Crippen molar-refractivity contribution in [2.24, 2.45) is 0 Å². The van der Waals surface area contributed by atoms with Crippen LogP contribution >= 0.6 is 28.6 Å². The summed E-state index contributed by atoms with van der Waals surface area (Å²) in [6, 6.07) is 7.96. The van der Waals surface area contributed by atoms with E-state index in [-0.39, 0.29) is 11.2 Å². The predicted molar refractivity (Wildman–Crippen MR) is 71.7 cm³/mol. The molecule has 0 N–H and O–H groups in total. The Balaban J connectivity index is 2.46. The number of ether oxygens (including phenoxy) is 1. The molecule has 1 aromatic rings. The van der Waals surface area contributed by atoms with Gasteiger partial charge in [-0.2, -0.15) is 12.6 Å². The molecule has 0 saturated carbocycles. The summed E-state index contributed by atoms with van der Waals surface area (Å²) < 4.78 is 5.90. The summed E-state index contributed by atoms with van der Waals surface area (Å²) in [5.74, 6) is -0.156. The molecule has 1 aromatic carbocycles. The highest BCUT2D eigenvalue weighted by molar-refractivity contribution is 9.10. The van der Waals surface area contributed by atoms with Crippen LogP contribution in [-0.4, -0.2) is 12.6 Å². The lowest BCUT2D eigenvalue weighted by Crippen LogP contribution is -2.05. The van der Waals surface area contributed by atoms with Crippen molar-refractivity contribution < 1.29 is 9.53 Å². The monoisotopic (exact) mass is 302 g/mol. The molecule has 1 rings (SSSR count). The number of carbonyl (C=O) groups excluding carboxylic acids is 1. The van der Waals surface area contributed by atoms with Gasteiger partial charge in [0.2, 0.25) is 0 Å². The first-order chi connectivity index (χ1) is 7.63. The van der Waals surface area contributed by atoms with Gasteiger partial charge >= 0.3 is 5.97 Å². The maximum absolute atomic E-state index is 11.2. The van der Waals surface area contributed by atoms with Gasteiger partial charge in [-0.25, -0.2) is 0 Å². The smallest absolute Gasteiger partial charge is 0.305 e. The Morgan fingerprint density at radius 2 is 2.31 bits per heavy atom. The molecule has 88 valence electrons. The average Bonchev–Trinajstić information content (AvgIpc) is 2.26. The number of hydrogen-bond acceptors (Lipinski definition) is 3. The molecule has 0 aliphatic carbocycles. The van der Waals surface area contributed by atoms with E-state index in [0.717, 1.165) is 10.0 Å². The Kier molecular flexibility index (Phi) is 5.91. The summed E-state index contributed by atoms with van der Waals surface area (Å²) >= 11 is 7.89. The van der Waals surface area contributed by atoms with Gasteiger partial charge < -0.3 is 4.74 Å². The summed E-state index contributed by atoms with van der Waals surface area (Å²) in [5, 5.41) is 0.0712. The minimum atomic E-state index is -0.156. The molecule has 0 aliphatic rings. The first-order valence-corrected chi connectivity index (χ1v) is 6.53. The Labute approximate surface area is 110 Å². The number of halogens is 1. The van der Waals surface area contributed by atoms with Crippen molar-refractivity contribution in [3.05, 3.63) is 34.3 Å². The Hall–Kier alpha value is -0.480. The van der Waals surface area contributed by atoms with E-state index < -0.39 is 0 Å². The molecule has 0 heterocycles. The van der Waals surface area contributed by atoms with Gasteiger partial charge in [0, 0.05) is 16.1 Å². The number of benzene rings is 1. The van der Waals surface area contributed by atoms with Gasteiger partial charge in [-0.3, -0.25) is 4.79 Å². The standard InChI is InChI=1S/C12H15BrO2S/c1-2-15-12(14)7-6-11(16)9-4-3-5-10(13)8-9/h3-5,8,11,16H,2,6-7H2,1H3. The summed E-state index contributed by atoms with van der Waals surface area (Å²) in [5.41, 5.74) is 1.11. The van der Waals surface area contributed by atoms with Crippen LogP contribution in [0.3, 0.4) is 0 Å². The summed E-state index contributed by atoms with van der Waals surface area (Å²) in [7, 11) is 0. The molecule has 4 heteroatoms. The van der Waals surface area contributed by atoms with E-state index >= 15 is 0 Å². The fourth-order valence-electron chi connectivity index (χ4n) is 1.37. The molecule has 16 heavy (non-hydrogen) atoms. The second kappa shape index (κ2) is 6.97. The van der Waals surface area contributed by atoms with Gasteiger partial charge in [0.25, 0.3) is 0 Å². The molecule has 0 saturated heterocycles.